The molecule has 1 rings (SSSR count). The van der Waals surface area contributed by atoms with Crippen LogP contribution in [-0.4, -0.2) is 35.1 Å². The molecule has 1 aliphatic rings. The summed E-state index contributed by atoms with van der Waals surface area (Å²) >= 11 is 4.86. The maximum absolute atomic E-state index is 12.0. The van der Waals surface area contributed by atoms with Crippen LogP contribution in [0.2, 0.25) is 0 Å². The molecule has 3 N–H and O–H groups in total. The largest absolute Gasteiger partial charge is 0.393 e. The van der Waals surface area contributed by atoms with Gasteiger partial charge in [-0.25, -0.2) is 4.79 Å². The molecule has 17 heavy (non-hydrogen) atoms. The molecule has 1 aliphatic carbocycles. The molecule has 0 radical (unpaired) electrons. The number of hydrogen-bond donors (Lipinski definition) is 2. The first-order valence-corrected chi connectivity index (χ1v) is 6.73. The first-order chi connectivity index (χ1) is 8.00. The zero-order chi connectivity index (χ0) is 12.8. The van der Waals surface area contributed by atoms with E-state index in [1.165, 1.54) is 19.3 Å². The van der Waals surface area contributed by atoms with Gasteiger partial charge in [-0.15, -0.1) is 0 Å². The van der Waals surface area contributed by atoms with Crippen molar-refractivity contribution in [2.24, 2.45) is 5.73 Å². The molecule has 1 fully saturated rings. The van der Waals surface area contributed by atoms with Crippen molar-refractivity contribution < 1.29 is 4.79 Å². The van der Waals surface area contributed by atoms with E-state index in [-0.39, 0.29) is 12.1 Å². The Balaban J connectivity index is 2.37. The second kappa shape index (κ2) is 6.79. The Kier molecular flexibility index (Phi) is 5.68. The quantitative estimate of drug-likeness (QED) is 0.758. The third kappa shape index (κ3) is 4.89. The Labute approximate surface area is 109 Å². The molecule has 0 heterocycles. The summed E-state index contributed by atoms with van der Waals surface area (Å²) in [6.45, 7) is 1.96. The molecule has 1 unspecified atom stereocenters. The number of carbonyl (C=O) groups is 1. The number of nitrogens with two attached hydrogens (primary N) is 1. The molecule has 5 heteroatoms. The van der Waals surface area contributed by atoms with Gasteiger partial charge in [-0.05, 0) is 19.8 Å². The fourth-order valence-corrected chi connectivity index (χ4v) is 2.39. The van der Waals surface area contributed by atoms with Crippen LogP contribution >= 0.6 is 12.2 Å². The van der Waals surface area contributed by atoms with Gasteiger partial charge in [-0.1, -0.05) is 31.5 Å². The summed E-state index contributed by atoms with van der Waals surface area (Å²) in [4.78, 5) is 14.1. The van der Waals surface area contributed by atoms with E-state index in [9.17, 15) is 4.79 Å². The highest BCUT2D eigenvalue weighted by atomic mass is 32.1. The summed E-state index contributed by atoms with van der Waals surface area (Å²) in [6, 6.07) is 0.382. The molecule has 0 saturated heterocycles. The predicted octanol–water partition coefficient (Wildman–Crippen LogP) is 2.03. The number of hydrogen-bond acceptors (Lipinski definition) is 2. The first-order valence-electron chi connectivity index (χ1n) is 6.32. The number of carbonyl (C=O) groups excluding carboxylic acids is 1. The van der Waals surface area contributed by atoms with Crippen molar-refractivity contribution in [3.8, 4) is 0 Å². The van der Waals surface area contributed by atoms with Crippen LogP contribution in [0.15, 0.2) is 0 Å². The lowest BCUT2D eigenvalue weighted by Crippen LogP contribution is -2.47. The number of nitrogens with one attached hydrogen (secondary N) is 1. The van der Waals surface area contributed by atoms with Crippen LogP contribution in [0.25, 0.3) is 0 Å². The number of nitrogens with zero attached hydrogens (tertiary/aromatic N) is 1. The van der Waals surface area contributed by atoms with Crippen molar-refractivity contribution in [1.82, 2.24) is 10.2 Å². The highest BCUT2D eigenvalue weighted by Crippen LogP contribution is 2.17. The summed E-state index contributed by atoms with van der Waals surface area (Å²) in [6.07, 6.45) is 6.50. The zero-order valence-electron chi connectivity index (χ0n) is 10.7. The van der Waals surface area contributed by atoms with Crippen molar-refractivity contribution in [3.05, 3.63) is 0 Å². The van der Waals surface area contributed by atoms with Crippen molar-refractivity contribution >= 4 is 23.2 Å². The third-order valence-electron chi connectivity index (χ3n) is 3.41. The van der Waals surface area contributed by atoms with Crippen LogP contribution in [-0.2, 0) is 0 Å². The lowest BCUT2D eigenvalue weighted by Gasteiger charge is -2.29. The van der Waals surface area contributed by atoms with Crippen molar-refractivity contribution in [2.75, 3.05) is 7.05 Å². The molecular formula is C12H23N3OS. The average Bonchev–Trinajstić information content (AvgIpc) is 2.28. The lowest BCUT2D eigenvalue weighted by atomic mass is 9.96. The molecule has 98 valence electrons. The number of thiocarbonyl (C=S) groups is 1. The van der Waals surface area contributed by atoms with E-state index in [0.29, 0.717) is 17.5 Å². The SMILES string of the molecule is CC(CC(N)=S)N(C)C(=O)NC1CCCCC1. The number of amides is 2. The van der Waals surface area contributed by atoms with E-state index < -0.39 is 0 Å². The van der Waals surface area contributed by atoms with Crippen LogP contribution in [0.5, 0.6) is 0 Å². The minimum atomic E-state index is -0.0133. The highest BCUT2D eigenvalue weighted by molar-refractivity contribution is 7.80. The first kappa shape index (κ1) is 14.2. The van der Waals surface area contributed by atoms with Gasteiger partial charge in [0, 0.05) is 25.6 Å². The van der Waals surface area contributed by atoms with E-state index in [1.807, 2.05) is 6.92 Å². The van der Waals surface area contributed by atoms with Gasteiger partial charge in [0.25, 0.3) is 0 Å². The number of urea groups is 1. The zero-order valence-corrected chi connectivity index (χ0v) is 11.6. The summed E-state index contributed by atoms with van der Waals surface area (Å²) in [5, 5.41) is 3.08. The molecule has 0 aromatic rings. The molecule has 0 aliphatic heterocycles. The minimum Gasteiger partial charge on any atom is -0.393 e. The Bertz CT molecular complexity index is 277. The minimum absolute atomic E-state index is 0.0133. The van der Waals surface area contributed by atoms with Gasteiger partial charge in [0.1, 0.15) is 0 Å². The fraction of sp³-hybridized carbons (Fsp3) is 0.833. The smallest absolute Gasteiger partial charge is 0.317 e. The van der Waals surface area contributed by atoms with Gasteiger partial charge < -0.3 is 16.0 Å². The van der Waals surface area contributed by atoms with Gasteiger partial charge in [-0.3, -0.25) is 0 Å². The second-order valence-corrected chi connectivity index (χ2v) is 5.44. The molecule has 2 amide bonds. The third-order valence-corrected chi connectivity index (χ3v) is 3.58. The van der Waals surface area contributed by atoms with Crippen molar-refractivity contribution in [1.29, 1.82) is 0 Å². The van der Waals surface area contributed by atoms with Crippen LogP contribution < -0.4 is 11.1 Å². The summed E-state index contributed by atoms with van der Waals surface area (Å²) in [5.74, 6) is 0. The van der Waals surface area contributed by atoms with Gasteiger partial charge in [0.15, 0.2) is 0 Å². The van der Waals surface area contributed by atoms with Crippen LogP contribution in [0, 0.1) is 0 Å². The van der Waals surface area contributed by atoms with Crippen LogP contribution in [0.4, 0.5) is 4.79 Å². The lowest BCUT2D eigenvalue weighted by molar-refractivity contribution is 0.187. The molecule has 4 nitrogen and oxygen atoms in total. The molecule has 0 aromatic carbocycles. The van der Waals surface area contributed by atoms with E-state index in [4.69, 9.17) is 18.0 Å². The predicted molar refractivity (Wildman–Crippen MR) is 74.0 cm³/mol. The molecule has 0 spiro atoms. The summed E-state index contributed by atoms with van der Waals surface area (Å²) in [5.41, 5.74) is 5.49. The Morgan fingerprint density at radius 2 is 2.06 bits per heavy atom. The molecule has 0 bridgehead atoms. The van der Waals surface area contributed by atoms with Gasteiger partial charge in [-0.2, -0.15) is 0 Å². The number of rotatable bonds is 4. The topological polar surface area (TPSA) is 58.4 Å². The van der Waals surface area contributed by atoms with Crippen molar-refractivity contribution in [3.63, 3.8) is 0 Å². The van der Waals surface area contributed by atoms with Crippen molar-refractivity contribution in [2.45, 2.75) is 57.5 Å². The average molecular weight is 257 g/mol. The molecule has 1 saturated carbocycles. The molecule has 0 aromatic heterocycles. The molecular weight excluding hydrogens is 234 g/mol. The normalized spacial score (nSPS) is 18.5. The highest BCUT2D eigenvalue weighted by Gasteiger charge is 2.20. The maximum Gasteiger partial charge on any atom is 0.317 e. The standard InChI is InChI=1S/C12H23N3OS/c1-9(8-11(13)17)15(2)12(16)14-10-6-4-3-5-7-10/h9-10H,3-8H2,1-2H3,(H2,13,17)(H,14,16). The van der Waals surface area contributed by atoms with E-state index in [0.717, 1.165) is 12.8 Å². The Morgan fingerprint density at radius 3 is 2.59 bits per heavy atom. The maximum atomic E-state index is 12.0. The summed E-state index contributed by atoms with van der Waals surface area (Å²) < 4.78 is 0. The second-order valence-electron chi connectivity index (χ2n) is 4.91. The molecule has 1 atom stereocenters. The van der Waals surface area contributed by atoms with Gasteiger partial charge >= 0.3 is 6.03 Å². The Morgan fingerprint density at radius 1 is 1.47 bits per heavy atom. The Hall–Kier alpha value is -0.840. The van der Waals surface area contributed by atoms with E-state index in [2.05, 4.69) is 5.32 Å². The van der Waals surface area contributed by atoms with E-state index >= 15 is 0 Å². The van der Waals surface area contributed by atoms with Crippen LogP contribution in [0.3, 0.4) is 0 Å². The summed E-state index contributed by atoms with van der Waals surface area (Å²) in [7, 11) is 1.79. The fourth-order valence-electron chi connectivity index (χ4n) is 2.15. The van der Waals surface area contributed by atoms with E-state index in [1.54, 1.807) is 11.9 Å². The van der Waals surface area contributed by atoms with Gasteiger partial charge in [0.05, 0.1) is 4.99 Å². The van der Waals surface area contributed by atoms with Crippen LogP contribution in [0.1, 0.15) is 45.4 Å². The van der Waals surface area contributed by atoms with Gasteiger partial charge in [0.2, 0.25) is 0 Å². The monoisotopic (exact) mass is 257 g/mol.